The van der Waals surface area contributed by atoms with E-state index in [1.807, 2.05) is 0 Å². The molecule has 74 valence electrons. The summed E-state index contributed by atoms with van der Waals surface area (Å²) in [5, 5.41) is 4.53. The maximum Gasteiger partial charge on any atom is 0.253 e. The Morgan fingerprint density at radius 2 is 2.36 bits per heavy atom. The minimum absolute atomic E-state index is 0.144. The van der Waals surface area contributed by atoms with Gasteiger partial charge in [-0.2, -0.15) is 0 Å². The summed E-state index contributed by atoms with van der Waals surface area (Å²) < 4.78 is 0.932. The lowest BCUT2D eigenvalue weighted by atomic mass is 10.1. The van der Waals surface area contributed by atoms with E-state index in [1.54, 1.807) is 25.3 Å². The molecule has 0 bridgehead atoms. The van der Waals surface area contributed by atoms with Crippen molar-refractivity contribution in [3.8, 4) is 12.3 Å². The summed E-state index contributed by atoms with van der Waals surface area (Å²) in [7, 11) is 0. The fourth-order valence-corrected chi connectivity index (χ4v) is 1.96. The molecule has 1 rings (SSSR count). The Kier molecular flexibility index (Phi) is 3.35. The van der Waals surface area contributed by atoms with E-state index in [9.17, 15) is 4.79 Å². The van der Waals surface area contributed by atoms with E-state index in [0.29, 0.717) is 5.56 Å². The molecule has 0 fully saturated rings. The molecule has 1 heterocycles. The van der Waals surface area contributed by atoms with Gasteiger partial charge in [-0.15, -0.1) is 17.8 Å². The standard InChI is InChI=1S/C10H10BrNOS/c1-4-10(2,3)12-9(13)7-5-8(11)14-6-7/h1,5-6H,2-3H3,(H,12,13). The Morgan fingerprint density at radius 3 is 2.79 bits per heavy atom. The largest absolute Gasteiger partial charge is 0.336 e. The SMILES string of the molecule is C#CC(C)(C)NC(=O)c1csc(Br)c1. The first-order valence-electron chi connectivity index (χ1n) is 3.99. The first-order chi connectivity index (χ1) is 6.44. The lowest BCUT2D eigenvalue weighted by Crippen LogP contribution is -2.41. The first kappa shape index (κ1) is 11.3. The van der Waals surface area contributed by atoms with Crippen LogP contribution in [0.15, 0.2) is 15.2 Å². The number of hydrogen-bond acceptors (Lipinski definition) is 2. The van der Waals surface area contributed by atoms with E-state index in [1.165, 1.54) is 11.3 Å². The number of halogens is 1. The topological polar surface area (TPSA) is 29.1 Å². The van der Waals surface area contributed by atoms with Crippen molar-refractivity contribution in [2.75, 3.05) is 0 Å². The number of nitrogens with one attached hydrogen (secondary N) is 1. The van der Waals surface area contributed by atoms with Crippen LogP contribution in [-0.2, 0) is 0 Å². The van der Waals surface area contributed by atoms with Gasteiger partial charge in [0.15, 0.2) is 0 Å². The van der Waals surface area contributed by atoms with Gasteiger partial charge in [-0.25, -0.2) is 0 Å². The molecule has 0 unspecified atom stereocenters. The van der Waals surface area contributed by atoms with Gasteiger partial charge in [-0.3, -0.25) is 4.79 Å². The van der Waals surface area contributed by atoms with Gasteiger partial charge in [-0.05, 0) is 35.8 Å². The van der Waals surface area contributed by atoms with Crippen molar-refractivity contribution in [1.29, 1.82) is 0 Å². The molecule has 0 radical (unpaired) electrons. The molecule has 1 aromatic heterocycles. The predicted molar refractivity (Wildman–Crippen MR) is 62.4 cm³/mol. The van der Waals surface area contributed by atoms with E-state index in [0.717, 1.165) is 3.79 Å². The molecule has 0 aliphatic heterocycles. The minimum Gasteiger partial charge on any atom is -0.336 e. The lowest BCUT2D eigenvalue weighted by molar-refractivity contribution is 0.0930. The van der Waals surface area contributed by atoms with E-state index < -0.39 is 5.54 Å². The summed E-state index contributed by atoms with van der Waals surface area (Å²) in [6.45, 7) is 3.57. The quantitative estimate of drug-likeness (QED) is 0.824. The first-order valence-corrected chi connectivity index (χ1v) is 5.66. The molecule has 0 aliphatic rings. The highest BCUT2D eigenvalue weighted by Crippen LogP contribution is 2.20. The van der Waals surface area contributed by atoms with Crippen LogP contribution in [0, 0.1) is 12.3 Å². The zero-order chi connectivity index (χ0) is 10.8. The van der Waals surface area contributed by atoms with Crippen molar-refractivity contribution in [3.63, 3.8) is 0 Å². The van der Waals surface area contributed by atoms with Gasteiger partial charge in [0.05, 0.1) is 14.9 Å². The average molecular weight is 272 g/mol. The summed E-state index contributed by atoms with van der Waals surface area (Å²) in [6.07, 6.45) is 5.27. The molecule has 0 aliphatic carbocycles. The van der Waals surface area contributed by atoms with Crippen molar-refractivity contribution in [1.82, 2.24) is 5.32 Å². The van der Waals surface area contributed by atoms with Crippen LogP contribution >= 0.6 is 27.3 Å². The molecular weight excluding hydrogens is 262 g/mol. The summed E-state index contributed by atoms with van der Waals surface area (Å²) in [5.41, 5.74) is 0.0242. The fraction of sp³-hybridized carbons (Fsp3) is 0.300. The summed E-state index contributed by atoms with van der Waals surface area (Å²) in [6, 6.07) is 1.77. The van der Waals surface area contributed by atoms with Crippen LogP contribution in [0.2, 0.25) is 0 Å². The summed E-state index contributed by atoms with van der Waals surface area (Å²) >= 11 is 4.77. The molecular formula is C10H10BrNOS. The third-order valence-electron chi connectivity index (χ3n) is 1.62. The van der Waals surface area contributed by atoms with Crippen LogP contribution in [0.5, 0.6) is 0 Å². The molecule has 0 aromatic carbocycles. The molecule has 0 atom stereocenters. The second-order valence-corrected chi connectivity index (χ2v) is 5.65. The molecule has 2 nitrogen and oxygen atoms in total. The normalized spacial score (nSPS) is 10.7. The van der Waals surface area contributed by atoms with Crippen LogP contribution < -0.4 is 5.32 Å². The Labute approximate surface area is 95.8 Å². The number of hydrogen-bond donors (Lipinski definition) is 1. The second kappa shape index (κ2) is 4.16. The van der Waals surface area contributed by atoms with Crippen molar-refractivity contribution in [3.05, 3.63) is 20.8 Å². The van der Waals surface area contributed by atoms with Crippen molar-refractivity contribution in [2.45, 2.75) is 19.4 Å². The van der Waals surface area contributed by atoms with Crippen LogP contribution in [0.1, 0.15) is 24.2 Å². The van der Waals surface area contributed by atoms with Gasteiger partial charge in [0, 0.05) is 5.38 Å². The Hall–Kier alpha value is -0.790. The molecule has 0 saturated heterocycles. The summed E-state index contributed by atoms with van der Waals surface area (Å²) in [4.78, 5) is 11.6. The van der Waals surface area contributed by atoms with Gasteiger partial charge in [0.25, 0.3) is 5.91 Å². The number of thiophene rings is 1. The number of rotatable bonds is 2. The highest BCUT2D eigenvalue weighted by Gasteiger charge is 2.18. The Bertz CT molecular complexity index is 389. The highest BCUT2D eigenvalue weighted by atomic mass is 79.9. The van der Waals surface area contributed by atoms with E-state index >= 15 is 0 Å². The third kappa shape index (κ3) is 2.86. The van der Waals surface area contributed by atoms with Crippen molar-refractivity contribution >= 4 is 33.2 Å². The minimum atomic E-state index is -0.606. The van der Waals surface area contributed by atoms with Gasteiger partial charge in [0.2, 0.25) is 0 Å². The number of carbonyl (C=O) groups is 1. The third-order valence-corrected chi connectivity index (χ3v) is 3.12. The van der Waals surface area contributed by atoms with Gasteiger partial charge < -0.3 is 5.32 Å². The van der Waals surface area contributed by atoms with E-state index in [-0.39, 0.29) is 5.91 Å². The maximum atomic E-state index is 11.6. The van der Waals surface area contributed by atoms with Crippen molar-refractivity contribution < 1.29 is 4.79 Å². The van der Waals surface area contributed by atoms with Gasteiger partial charge in [0.1, 0.15) is 0 Å². The highest BCUT2D eigenvalue weighted by molar-refractivity contribution is 9.11. The number of carbonyl (C=O) groups excluding carboxylic acids is 1. The molecule has 1 N–H and O–H groups in total. The zero-order valence-electron chi connectivity index (χ0n) is 7.93. The molecule has 0 spiro atoms. The van der Waals surface area contributed by atoms with Crippen LogP contribution in [0.25, 0.3) is 0 Å². The number of terminal acetylenes is 1. The number of amides is 1. The zero-order valence-corrected chi connectivity index (χ0v) is 10.3. The molecule has 1 aromatic rings. The predicted octanol–water partition coefficient (Wildman–Crippen LogP) is 2.65. The van der Waals surface area contributed by atoms with E-state index in [2.05, 4.69) is 27.2 Å². The van der Waals surface area contributed by atoms with Gasteiger partial charge in [-0.1, -0.05) is 5.92 Å². The Morgan fingerprint density at radius 1 is 1.71 bits per heavy atom. The molecule has 4 heteroatoms. The lowest BCUT2D eigenvalue weighted by Gasteiger charge is -2.18. The van der Waals surface area contributed by atoms with Crippen LogP contribution in [0.4, 0.5) is 0 Å². The van der Waals surface area contributed by atoms with Gasteiger partial charge >= 0.3 is 0 Å². The second-order valence-electron chi connectivity index (χ2n) is 3.36. The van der Waals surface area contributed by atoms with E-state index in [4.69, 9.17) is 6.42 Å². The Balaban J connectivity index is 2.74. The smallest absolute Gasteiger partial charge is 0.253 e. The summed E-state index contributed by atoms with van der Waals surface area (Å²) in [5.74, 6) is 2.36. The monoisotopic (exact) mass is 271 g/mol. The van der Waals surface area contributed by atoms with Crippen LogP contribution in [-0.4, -0.2) is 11.4 Å². The van der Waals surface area contributed by atoms with Crippen molar-refractivity contribution in [2.24, 2.45) is 0 Å². The molecule has 14 heavy (non-hydrogen) atoms. The molecule has 1 amide bonds. The average Bonchev–Trinajstić information content (AvgIpc) is 2.51. The fourth-order valence-electron chi connectivity index (χ4n) is 0.821. The maximum absolute atomic E-state index is 11.6. The molecule has 0 saturated carbocycles. The van der Waals surface area contributed by atoms with Crippen LogP contribution in [0.3, 0.4) is 0 Å².